The molecule has 0 aromatic heterocycles. The first-order chi connectivity index (χ1) is 15.4. The molecular weight excluding hydrogens is 435 g/mol. The van der Waals surface area contributed by atoms with Gasteiger partial charge >= 0.3 is 0 Å². The van der Waals surface area contributed by atoms with Crippen molar-refractivity contribution in [3.05, 3.63) is 70.5 Å². The number of hydrogen-bond donors (Lipinski definition) is 0. The maximum Gasteiger partial charge on any atom is 0.274 e. The highest BCUT2D eigenvalue weighted by Crippen LogP contribution is 2.56. The number of carbonyl (C=O) groups is 4. The van der Waals surface area contributed by atoms with Gasteiger partial charge in [-0.25, -0.2) is 9.40 Å². The monoisotopic (exact) mass is 454 g/mol. The Bertz CT molecular complexity index is 1110. The molecule has 1 aliphatic heterocycles. The number of ketones is 1. The van der Waals surface area contributed by atoms with Crippen LogP contribution in [0.2, 0.25) is 5.02 Å². The van der Waals surface area contributed by atoms with Crippen LogP contribution in [0.5, 0.6) is 0 Å². The second kappa shape index (κ2) is 7.81. The van der Waals surface area contributed by atoms with Crippen molar-refractivity contribution in [3.63, 3.8) is 0 Å². The van der Waals surface area contributed by atoms with Crippen LogP contribution in [-0.4, -0.2) is 40.1 Å². The maximum absolute atomic E-state index is 13.4. The van der Waals surface area contributed by atoms with E-state index in [1.807, 2.05) is 0 Å². The van der Waals surface area contributed by atoms with Crippen molar-refractivity contribution in [2.24, 2.45) is 23.7 Å². The molecule has 2 aromatic carbocycles. The zero-order chi connectivity index (χ0) is 22.6. The summed E-state index contributed by atoms with van der Waals surface area (Å²) in [6.07, 6.45) is 2.64. The van der Waals surface area contributed by atoms with Gasteiger partial charge in [-0.1, -0.05) is 23.7 Å². The Morgan fingerprint density at radius 2 is 1.56 bits per heavy atom. The lowest BCUT2D eigenvalue weighted by atomic mass is 9.81. The number of carbonyl (C=O) groups excluding carboxylic acids is 4. The Balaban J connectivity index is 1.51. The summed E-state index contributed by atoms with van der Waals surface area (Å²) in [5.41, 5.74) is 0.254. The molecule has 0 spiro atoms. The zero-order valence-electron chi connectivity index (χ0n) is 17.0. The molecule has 0 N–H and O–H groups in total. The van der Waals surface area contributed by atoms with Gasteiger partial charge in [0, 0.05) is 5.56 Å². The van der Waals surface area contributed by atoms with E-state index in [1.165, 1.54) is 24.3 Å². The Hall–Kier alpha value is -3.06. The van der Waals surface area contributed by atoms with E-state index < -0.39 is 47.7 Å². The van der Waals surface area contributed by atoms with E-state index in [-0.39, 0.29) is 28.0 Å². The molecule has 0 unspecified atom stereocenters. The van der Waals surface area contributed by atoms with Crippen LogP contribution in [0.3, 0.4) is 0 Å². The normalized spacial score (nSPS) is 25.9. The number of benzene rings is 2. The quantitative estimate of drug-likeness (QED) is 0.509. The van der Waals surface area contributed by atoms with Crippen LogP contribution in [0.15, 0.2) is 48.5 Å². The predicted octanol–water partition coefficient (Wildman–Crippen LogP) is 3.75. The zero-order valence-corrected chi connectivity index (χ0v) is 17.8. The summed E-state index contributed by atoms with van der Waals surface area (Å²) in [5, 5.41) is 1.93. The highest BCUT2D eigenvalue weighted by Gasteiger charge is 2.62. The first-order valence-corrected chi connectivity index (χ1v) is 11.0. The average Bonchev–Trinajstić information content (AvgIpc) is 3.46. The largest absolute Gasteiger partial charge is 0.292 e. The van der Waals surface area contributed by atoms with Crippen molar-refractivity contribution in [2.75, 3.05) is 6.54 Å². The molecule has 3 aliphatic rings. The third kappa shape index (κ3) is 3.23. The highest BCUT2D eigenvalue weighted by atomic mass is 35.5. The topological polar surface area (TPSA) is 74.8 Å². The number of Topliss-reactive ketones (excluding diaryl/α,β-unsaturated/α-hetero) is 1. The highest BCUT2D eigenvalue weighted by molar-refractivity contribution is 6.34. The summed E-state index contributed by atoms with van der Waals surface area (Å²) in [4.78, 5) is 53.1. The molecule has 2 bridgehead atoms. The van der Waals surface area contributed by atoms with Crippen LogP contribution in [-0.2, 0) is 9.59 Å². The fourth-order valence-electron chi connectivity index (χ4n) is 5.50. The smallest absolute Gasteiger partial charge is 0.274 e. The van der Waals surface area contributed by atoms with Crippen molar-refractivity contribution in [1.82, 2.24) is 10.0 Å². The van der Waals surface area contributed by atoms with Crippen molar-refractivity contribution < 1.29 is 23.6 Å². The van der Waals surface area contributed by atoms with Gasteiger partial charge in [0.15, 0.2) is 5.78 Å². The standard InChI is InChI=1S/C24H20ClFN2O4/c25-18-4-2-1-3-17(18)22(30)27(12-19(29)13-7-9-16(26)10-8-13)28-23(31)20-14-5-6-15(11-14)21(20)24(28)32/h1-4,7-10,14-15,20-21H,5-6,11-12H2/t14-,15-,20-,21-/m0/s1. The van der Waals surface area contributed by atoms with Gasteiger partial charge < -0.3 is 0 Å². The molecule has 2 aromatic rings. The van der Waals surface area contributed by atoms with E-state index in [9.17, 15) is 23.6 Å². The number of rotatable bonds is 5. The van der Waals surface area contributed by atoms with Gasteiger partial charge in [0.1, 0.15) is 12.4 Å². The molecule has 1 heterocycles. The summed E-state index contributed by atoms with van der Waals surface area (Å²) in [6, 6.07) is 11.2. The number of fused-ring (bicyclic) bond motifs is 5. The summed E-state index contributed by atoms with van der Waals surface area (Å²) in [5.74, 6) is -3.20. The number of hydrazine groups is 1. The minimum Gasteiger partial charge on any atom is -0.292 e. The number of halogens is 2. The molecule has 164 valence electrons. The molecule has 0 radical (unpaired) electrons. The van der Waals surface area contributed by atoms with E-state index in [0.717, 1.165) is 41.4 Å². The van der Waals surface area contributed by atoms with Crippen molar-refractivity contribution in [2.45, 2.75) is 19.3 Å². The Morgan fingerprint density at radius 3 is 2.16 bits per heavy atom. The lowest BCUT2D eigenvalue weighted by molar-refractivity contribution is -0.154. The Labute approximate surface area is 188 Å². The van der Waals surface area contributed by atoms with Crippen LogP contribution in [0.4, 0.5) is 4.39 Å². The fraction of sp³-hybridized carbons (Fsp3) is 0.333. The van der Waals surface area contributed by atoms with E-state index in [4.69, 9.17) is 11.6 Å². The summed E-state index contributed by atoms with van der Waals surface area (Å²) >= 11 is 6.20. The van der Waals surface area contributed by atoms with Gasteiger partial charge in [0.2, 0.25) is 0 Å². The van der Waals surface area contributed by atoms with E-state index in [0.29, 0.717) is 0 Å². The molecule has 5 rings (SSSR count). The van der Waals surface area contributed by atoms with Gasteiger partial charge in [-0.2, -0.15) is 5.01 Å². The first-order valence-electron chi connectivity index (χ1n) is 10.6. The number of hydrogen-bond acceptors (Lipinski definition) is 4. The predicted molar refractivity (Wildman–Crippen MR) is 113 cm³/mol. The van der Waals surface area contributed by atoms with Crippen LogP contribution in [0, 0.1) is 29.5 Å². The summed E-state index contributed by atoms with van der Waals surface area (Å²) in [6.45, 7) is -0.540. The molecule has 3 fully saturated rings. The minimum atomic E-state index is -0.708. The molecule has 2 saturated carbocycles. The van der Waals surface area contributed by atoms with Crippen LogP contribution in [0.25, 0.3) is 0 Å². The third-order valence-corrected chi connectivity index (χ3v) is 7.27. The lowest BCUT2D eigenvalue weighted by Gasteiger charge is -2.31. The molecule has 4 atom stereocenters. The number of nitrogens with zero attached hydrogens (tertiary/aromatic N) is 2. The molecule has 1 saturated heterocycles. The van der Waals surface area contributed by atoms with Crippen LogP contribution < -0.4 is 0 Å². The molecule has 3 amide bonds. The van der Waals surface area contributed by atoms with Gasteiger partial charge in [-0.05, 0) is 67.5 Å². The Kier molecular flexibility index (Phi) is 5.08. The second-order valence-corrected chi connectivity index (χ2v) is 9.05. The molecule has 2 aliphatic carbocycles. The van der Waals surface area contributed by atoms with Crippen molar-refractivity contribution >= 4 is 35.1 Å². The SMILES string of the molecule is O=C(CN(C(=O)c1ccccc1Cl)N1C(=O)[C@H]2[C@H]3CC[C@@H](C3)[C@@H]2C1=O)c1ccc(F)cc1. The first kappa shape index (κ1) is 20.8. The maximum atomic E-state index is 13.4. The number of imide groups is 1. The third-order valence-electron chi connectivity index (χ3n) is 6.94. The van der Waals surface area contributed by atoms with Gasteiger partial charge in [-0.15, -0.1) is 0 Å². The number of amides is 3. The lowest BCUT2D eigenvalue weighted by Crippen LogP contribution is -2.52. The van der Waals surface area contributed by atoms with Crippen molar-refractivity contribution in [1.29, 1.82) is 0 Å². The molecule has 8 heteroatoms. The molecule has 6 nitrogen and oxygen atoms in total. The fourth-order valence-corrected chi connectivity index (χ4v) is 5.72. The van der Waals surface area contributed by atoms with Gasteiger partial charge in [0.25, 0.3) is 17.7 Å². The van der Waals surface area contributed by atoms with E-state index in [1.54, 1.807) is 12.1 Å². The summed E-state index contributed by atoms with van der Waals surface area (Å²) < 4.78 is 13.3. The van der Waals surface area contributed by atoms with Gasteiger partial charge in [-0.3, -0.25) is 19.2 Å². The summed E-state index contributed by atoms with van der Waals surface area (Å²) in [7, 11) is 0. The van der Waals surface area contributed by atoms with Gasteiger partial charge in [0.05, 0.1) is 22.4 Å². The van der Waals surface area contributed by atoms with Crippen molar-refractivity contribution in [3.8, 4) is 0 Å². The van der Waals surface area contributed by atoms with Crippen LogP contribution >= 0.6 is 11.6 Å². The molecular formula is C24H20ClFN2O4. The van der Waals surface area contributed by atoms with E-state index >= 15 is 0 Å². The van der Waals surface area contributed by atoms with E-state index in [2.05, 4.69) is 0 Å². The second-order valence-electron chi connectivity index (χ2n) is 8.65. The minimum absolute atomic E-state index is 0.0849. The average molecular weight is 455 g/mol. The Morgan fingerprint density at radius 1 is 0.969 bits per heavy atom. The molecule has 32 heavy (non-hydrogen) atoms. The van der Waals surface area contributed by atoms with Crippen LogP contribution in [0.1, 0.15) is 40.0 Å².